The molecule has 2 aromatic carbocycles. The van der Waals surface area contributed by atoms with Gasteiger partial charge in [-0.1, -0.05) is 48.5 Å². The average Bonchev–Trinajstić information content (AvgIpc) is 3.16. The molecule has 0 spiro atoms. The lowest BCUT2D eigenvalue weighted by Gasteiger charge is -2.08. The van der Waals surface area contributed by atoms with Crippen LogP contribution in [0.5, 0.6) is 5.75 Å². The van der Waals surface area contributed by atoms with Gasteiger partial charge in [-0.05, 0) is 24.1 Å². The van der Waals surface area contributed by atoms with Gasteiger partial charge >= 0.3 is 0 Å². The van der Waals surface area contributed by atoms with Crippen LogP contribution in [-0.4, -0.2) is 23.0 Å². The number of hydrogen-bond acceptors (Lipinski definition) is 3. The Labute approximate surface area is 152 Å². The number of para-hydroxylation sites is 1. The smallest absolute Gasteiger partial charge is 0.244 e. The van der Waals surface area contributed by atoms with Gasteiger partial charge in [0.1, 0.15) is 11.6 Å². The van der Waals surface area contributed by atoms with E-state index in [4.69, 9.17) is 4.74 Å². The maximum absolute atomic E-state index is 12.2. The van der Waals surface area contributed by atoms with E-state index in [1.807, 2.05) is 61.5 Å². The number of carbonyl (C=O) groups excluding carboxylic acids is 1. The molecule has 3 rings (SSSR count). The van der Waals surface area contributed by atoms with E-state index in [0.717, 1.165) is 28.1 Å². The summed E-state index contributed by atoms with van der Waals surface area (Å²) in [6, 6.07) is 17.6. The van der Waals surface area contributed by atoms with E-state index in [1.54, 1.807) is 19.4 Å². The topological polar surface area (TPSA) is 67.0 Å². The maximum Gasteiger partial charge on any atom is 0.244 e. The highest BCUT2D eigenvalue weighted by Gasteiger charge is 2.07. The van der Waals surface area contributed by atoms with Crippen molar-refractivity contribution in [2.24, 2.45) is 0 Å². The summed E-state index contributed by atoms with van der Waals surface area (Å²) in [7, 11) is 1.62. The quantitative estimate of drug-likeness (QED) is 0.667. The lowest BCUT2D eigenvalue weighted by molar-refractivity contribution is -0.116. The van der Waals surface area contributed by atoms with Crippen LogP contribution in [0.4, 0.5) is 0 Å². The Bertz CT molecular complexity index is 914. The molecule has 132 valence electrons. The summed E-state index contributed by atoms with van der Waals surface area (Å²) in [5, 5.41) is 2.85. The highest BCUT2D eigenvalue weighted by atomic mass is 16.5. The normalized spacial score (nSPS) is 11.2. The van der Waals surface area contributed by atoms with Gasteiger partial charge in [-0.2, -0.15) is 0 Å². The molecule has 26 heavy (non-hydrogen) atoms. The molecule has 0 radical (unpaired) electrons. The van der Waals surface area contributed by atoms with Crippen LogP contribution in [0.15, 0.2) is 66.9 Å². The summed E-state index contributed by atoms with van der Waals surface area (Å²) >= 11 is 0. The number of nitrogens with one attached hydrogen (secondary N) is 2. The minimum absolute atomic E-state index is 0.175. The van der Waals surface area contributed by atoms with Crippen molar-refractivity contribution in [1.82, 2.24) is 15.3 Å². The summed E-state index contributed by atoms with van der Waals surface area (Å²) in [4.78, 5) is 19.7. The number of aromatic amines is 1. The molecular weight excluding hydrogens is 326 g/mol. The molecule has 0 aliphatic carbocycles. The number of imidazole rings is 1. The van der Waals surface area contributed by atoms with Crippen molar-refractivity contribution in [2.45, 2.75) is 13.5 Å². The van der Waals surface area contributed by atoms with Crippen molar-refractivity contribution >= 4 is 11.5 Å². The molecule has 1 heterocycles. The van der Waals surface area contributed by atoms with Gasteiger partial charge in [-0.3, -0.25) is 4.79 Å². The fourth-order valence-corrected chi connectivity index (χ4v) is 2.68. The molecule has 0 saturated heterocycles. The third kappa shape index (κ3) is 4.19. The number of allylic oxidation sites excluding steroid dienone is 1. The first kappa shape index (κ1) is 17.5. The van der Waals surface area contributed by atoms with E-state index in [2.05, 4.69) is 15.3 Å². The molecule has 2 N–H and O–H groups in total. The van der Waals surface area contributed by atoms with Crippen LogP contribution < -0.4 is 10.1 Å². The average molecular weight is 347 g/mol. The fraction of sp³-hybridized carbons (Fsp3) is 0.143. The highest BCUT2D eigenvalue weighted by Crippen LogP contribution is 2.25. The molecular formula is C21H21N3O2. The molecule has 3 aromatic rings. The van der Waals surface area contributed by atoms with E-state index in [0.29, 0.717) is 12.4 Å². The van der Waals surface area contributed by atoms with Crippen molar-refractivity contribution < 1.29 is 9.53 Å². The molecule has 0 bridgehead atoms. The monoisotopic (exact) mass is 347 g/mol. The zero-order chi connectivity index (χ0) is 18.4. The first-order chi connectivity index (χ1) is 12.7. The van der Waals surface area contributed by atoms with E-state index >= 15 is 0 Å². The van der Waals surface area contributed by atoms with Gasteiger partial charge in [-0.25, -0.2) is 4.98 Å². The molecule has 1 amide bonds. The number of methoxy groups -OCH3 is 1. The van der Waals surface area contributed by atoms with E-state index in [1.165, 1.54) is 0 Å². The molecule has 0 fully saturated rings. The first-order valence-corrected chi connectivity index (χ1v) is 8.36. The van der Waals surface area contributed by atoms with Gasteiger partial charge in [-0.15, -0.1) is 0 Å². The van der Waals surface area contributed by atoms with Crippen LogP contribution in [0.25, 0.3) is 16.8 Å². The second-order valence-electron chi connectivity index (χ2n) is 5.86. The largest absolute Gasteiger partial charge is 0.496 e. The highest BCUT2D eigenvalue weighted by molar-refractivity contribution is 5.95. The lowest BCUT2D eigenvalue weighted by Crippen LogP contribution is -2.21. The Morgan fingerprint density at radius 2 is 1.88 bits per heavy atom. The van der Waals surface area contributed by atoms with Gasteiger partial charge in [0.2, 0.25) is 5.91 Å². The van der Waals surface area contributed by atoms with E-state index < -0.39 is 0 Å². The minimum Gasteiger partial charge on any atom is -0.496 e. The van der Waals surface area contributed by atoms with Gasteiger partial charge < -0.3 is 15.0 Å². The summed E-state index contributed by atoms with van der Waals surface area (Å²) in [6.07, 6.45) is 3.34. The summed E-state index contributed by atoms with van der Waals surface area (Å²) < 4.78 is 5.33. The molecule has 5 heteroatoms. The van der Waals surface area contributed by atoms with Crippen molar-refractivity contribution in [3.8, 4) is 17.0 Å². The van der Waals surface area contributed by atoms with Gasteiger partial charge in [0.25, 0.3) is 0 Å². The van der Waals surface area contributed by atoms with Crippen LogP contribution in [-0.2, 0) is 11.3 Å². The number of rotatable bonds is 6. The summed E-state index contributed by atoms with van der Waals surface area (Å²) in [5.74, 6) is 1.28. The molecule has 0 saturated carbocycles. The second-order valence-corrected chi connectivity index (χ2v) is 5.86. The predicted octanol–water partition coefficient (Wildman–Crippen LogP) is 3.81. The van der Waals surface area contributed by atoms with Crippen LogP contribution in [0.1, 0.15) is 18.3 Å². The summed E-state index contributed by atoms with van der Waals surface area (Å²) in [5.41, 5.74) is 3.72. The Kier molecular flexibility index (Phi) is 5.49. The third-order valence-electron chi connectivity index (χ3n) is 4.02. The number of ether oxygens (including phenoxy) is 1. The third-order valence-corrected chi connectivity index (χ3v) is 4.02. The van der Waals surface area contributed by atoms with Crippen molar-refractivity contribution in [2.75, 3.05) is 7.11 Å². The van der Waals surface area contributed by atoms with E-state index in [9.17, 15) is 4.79 Å². The van der Waals surface area contributed by atoms with Gasteiger partial charge in [0.15, 0.2) is 0 Å². The SMILES string of the molecule is COc1ccccc1C(C)=CC(=O)NCc1ncc(-c2ccccc2)[nH]1. The van der Waals surface area contributed by atoms with Crippen molar-refractivity contribution in [3.05, 3.63) is 78.3 Å². The number of H-pyrrole nitrogens is 1. The molecule has 5 nitrogen and oxygen atoms in total. The van der Waals surface area contributed by atoms with Crippen molar-refractivity contribution in [3.63, 3.8) is 0 Å². The molecule has 1 aromatic heterocycles. The lowest BCUT2D eigenvalue weighted by atomic mass is 10.1. The Morgan fingerprint density at radius 1 is 1.15 bits per heavy atom. The predicted molar refractivity (Wildman–Crippen MR) is 103 cm³/mol. The molecule has 0 aliphatic rings. The maximum atomic E-state index is 12.2. The van der Waals surface area contributed by atoms with E-state index in [-0.39, 0.29) is 5.91 Å². The first-order valence-electron chi connectivity index (χ1n) is 8.36. The van der Waals surface area contributed by atoms with Crippen LogP contribution in [0.2, 0.25) is 0 Å². The number of nitrogens with zero attached hydrogens (tertiary/aromatic N) is 1. The molecule has 0 unspecified atom stereocenters. The van der Waals surface area contributed by atoms with Crippen molar-refractivity contribution in [1.29, 1.82) is 0 Å². The number of carbonyl (C=O) groups is 1. The van der Waals surface area contributed by atoms with Crippen LogP contribution in [0.3, 0.4) is 0 Å². The Hall–Kier alpha value is -3.34. The molecule has 0 atom stereocenters. The standard InChI is InChI=1S/C21H21N3O2/c1-15(17-10-6-7-11-19(17)26-2)12-21(25)23-14-20-22-13-18(24-20)16-8-4-3-5-9-16/h3-13H,14H2,1-2H3,(H,22,24)(H,23,25). The number of amides is 1. The fourth-order valence-electron chi connectivity index (χ4n) is 2.68. The summed E-state index contributed by atoms with van der Waals surface area (Å²) in [6.45, 7) is 2.22. The Morgan fingerprint density at radius 3 is 2.65 bits per heavy atom. The van der Waals surface area contributed by atoms with Crippen LogP contribution >= 0.6 is 0 Å². The number of hydrogen-bond donors (Lipinski definition) is 2. The minimum atomic E-state index is -0.175. The van der Waals surface area contributed by atoms with Gasteiger partial charge in [0, 0.05) is 11.6 Å². The molecule has 0 aliphatic heterocycles. The number of aromatic nitrogens is 2. The Balaban J connectivity index is 1.63. The van der Waals surface area contributed by atoms with Gasteiger partial charge in [0.05, 0.1) is 25.5 Å². The second kappa shape index (κ2) is 8.16. The zero-order valence-corrected chi connectivity index (χ0v) is 14.8. The van der Waals surface area contributed by atoms with Crippen LogP contribution in [0, 0.1) is 0 Å². The number of benzene rings is 2. The zero-order valence-electron chi connectivity index (χ0n) is 14.8.